The minimum Gasteiger partial charge on any atom is -0.363 e. The minimum absolute atomic E-state index is 0.667. The normalized spacial score (nSPS) is 10.2. The van der Waals surface area contributed by atoms with E-state index in [1.165, 1.54) is 0 Å². The summed E-state index contributed by atoms with van der Waals surface area (Å²) in [5, 5.41) is 11.9. The van der Waals surface area contributed by atoms with Crippen LogP contribution in [0.5, 0.6) is 0 Å². The number of aryl methyl sites for hydroxylation is 1. The Morgan fingerprint density at radius 3 is 2.75 bits per heavy atom. The Kier molecular flexibility index (Phi) is 5.83. The smallest absolute Gasteiger partial charge is 0.166 e. The summed E-state index contributed by atoms with van der Waals surface area (Å²) in [6.45, 7) is 2.41. The monoisotopic (exact) mass is 308 g/mol. The van der Waals surface area contributed by atoms with Gasteiger partial charge in [-0.15, -0.1) is 0 Å². The molecule has 0 fully saturated rings. The molecule has 1 heterocycles. The minimum atomic E-state index is 0.667. The first kappa shape index (κ1) is 14.8. The topological polar surface area (TPSA) is 41.9 Å². The van der Waals surface area contributed by atoms with Gasteiger partial charge in [0.1, 0.15) is 0 Å². The van der Waals surface area contributed by atoms with Crippen molar-refractivity contribution in [3.05, 3.63) is 53.3 Å². The molecule has 0 spiro atoms. The highest BCUT2D eigenvalue weighted by Crippen LogP contribution is 2.08. The van der Waals surface area contributed by atoms with E-state index in [2.05, 4.69) is 15.7 Å². The zero-order valence-corrected chi connectivity index (χ0v) is 12.6. The van der Waals surface area contributed by atoms with Crippen molar-refractivity contribution in [3.8, 4) is 0 Å². The summed E-state index contributed by atoms with van der Waals surface area (Å²) < 4.78 is 1.91. The molecule has 0 unspecified atom stereocenters. The highest BCUT2D eigenvalue weighted by atomic mass is 35.5. The maximum absolute atomic E-state index is 5.84. The lowest BCUT2D eigenvalue weighted by molar-refractivity contribution is 0.571. The Bertz CT molecular complexity index is 525. The molecule has 0 radical (unpaired) electrons. The Labute approximate surface area is 129 Å². The largest absolute Gasteiger partial charge is 0.363 e. The van der Waals surface area contributed by atoms with Crippen molar-refractivity contribution >= 4 is 28.9 Å². The second-order valence-electron chi connectivity index (χ2n) is 4.36. The molecule has 0 amide bonds. The van der Waals surface area contributed by atoms with Crippen LogP contribution in [-0.4, -0.2) is 21.4 Å². The number of hydrogen-bond acceptors (Lipinski definition) is 2. The van der Waals surface area contributed by atoms with Crippen molar-refractivity contribution in [3.63, 3.8) is 0 Å². The van der Waals surface area contributed by atoms with E-state index in [9.17, 15) is 0 Å². The molecular formula is C14H17ClN4S. The van der Waals surface area contributed by atoms with Gasteiger partial charge < -0.3 is 10.6 Å². The van der Waals surface area contributed by atoms with Crippen LogP contribution in [0.2, 0.25) is 5.02 Å². The third-order valence-electron chi connectivity index (χ3n) is 2.78. The Morgan fingerprint density at radius 2 is 2.05 bits per heavy atom. The molecule has 0 saturated carbocycles. The van der Waals surface area contributed by atoms with E-state index in [4.69, 9.17) is 23.8 Å². The first-order chi connectivity index (χ1) is 9.74. The summed E-state index contributed by atoms with van der Waals surface area (Å²) >= 11 is 11.1. The zero-order chi connectivity index (χ0) is 14.2. The number of rotatable bonds is 6. The number of nitrogens with zero attached hydrogens (tertiary/aromatic N) is 2. The molecule has 2 rings (SSSR count). The number of benzene rings is 1. The van der Waals surface area contributed by atoms with Crippen LogP contribution in [0.15, 0.2) is 42.7 Å². The molecular weight excluding hydrogens is 292 g/mol. The van der Waals surface area contributed by atoms with Gasteiger partial charge in [-0.3, -0.25) is 4.68 Å². The summed E-state index contributed by atoms with van der Waals surface area (Å²) in [6, 6.07) is 9.63. The van der Waals surface area contributed by atoms with E-state index in [0.29, 0.717) is 11.7 Å². The summed E-state index contributed by atoms with van der Waals surface area (Å²) in [6.07, 6.45) is 4.72. The molecule has 0 bridgehead atoms. The van der Waals surface area contributed by atoms with Crippen molar-refractivity contribution in [1.82, 2.24) is 20.4 Å². The predicted octanol–water partition coefficient (Wildman–Crippen LogP) is 2.59. The lowest BCUT2D eigenvalue weighted by Gasteiger charge is -2.10. The molecule has 106 valence electrons. The highest BCUT2D eigenvalue weighted by Gasteiger charge is 1.97. The first-order valence-corrected chi connectivity index (χ1v) is 7.26. The summed E-state index contributed by atoms with van der Waals surface area (Å²) in [5.41, 5.74) is 1.15. The van der Waals surface area contributed by atoms with Crippen LogP contribution >= 0.6 is 23.8 Å². The molecule has 4 nitrogen and oxygen atoms in total. The van der Waals surface area contributed by atoms with Gasteiger partial charge in [0.2, 0.25) is 0 Å². The fourth-order valence-corrected chi connectivity index (χ4v) is 2.02. The van der Waals surface area contributed by atoms with Crippen LogP contribution in [0.4, 0.5) is 0 Å². The van der Waals surface area contributed by atoms with Crippen LogP contribution in [0, 0.1) is 0 Å². The van der Waals surface area contributed by atoms with Gasteiger partial charge in [0.05, 0.1) is 0 Å². The van der Waals surface area contributed by atoms with Crippen molar-refractivity contribution < 1.29 is 0 Å². The van der Waals surface area contributed by atoms with Gasteiger partial charge in [-0.1, -0.05) is 23.7 Å². The Hall–Kier alpha value is -1.59. The molecule has 20 heavy (non-hydrogen) atoms. The van der Waals surface area contributed by atoms with Crippen LogP contribution in [0.1, 0.15) is 12.0 Å². The summed E-state index contributed by atoms with van der Waals surface area (Å²) in [4.78, 5) is 0. The van der Waals surface area contributed by atoms with E-state index < -0.39 is 0 Å². The summed E-state index contributed by atoms with van der Waals surface area (Å²) in [5.74, 6) is 0. The fraction of sp³-hybridized carbons (Fsp3) is 0.286. The SMILES string of the molecule is S=C(NCCCn1cccn1)NCc1ccc(Cl)cc1. The quantitative estimate of drug-likeness (QED) is 0.636. The third-order valence-corrected chi connectivity index (χ3v) is 3.32. The van der Waals surface area contributed by atoms with Gasteiger partial charge in [0.25, 0.3) is 0 Å². The van der Waals surface area contributed by atoms with Crippen LogP contribution in [-0.2, 0) is 13.1 Å². The van der Waals surface area contributed by atoms with E-state index in [1.54, 1.807) is 6.20 Å². The number of aromatic nitrogens is 2. The van der Waals surface area contributed by atoms with Gasteiger partial charge in [-0.05, 0) is 42.4 Å². The van der Waals surface area contributed by atoms with Crippen LogP contribution in [0.3, 0.4) is 0 Å². The van der Waals surface area contributed by atoms with Crippen LogP contribution in [0.25, 0.3) is 0 Å². The van der Waals surface area contributed by atoms with Crippen LogP contribution < -0.4 is 10.6 Å². The Balaban J connectivity index is 1.59. The first-order valence-electron chi connectivity index (χ1n) is 6.47. The molecule has 6 heteroatoms. The van der Waals surface area contributed by atoms with Crippen molar-refractivity contribution in [2.75, 3.05) is 6.54 Å². The van der Waals surface area contributed by atoms with E-state index in [0.717, 1.165) is 30.1 Å². The average Bonchev–Trinajstić information content (AvgIpc) is 2.96. The number of thiocarbonyl (C=S) groups is 1. The predicted molar refractivity (Wildman–Crippen MR) is 85.7 cm³/mol. The molecule has 0 saturated heterocycles. The highest BCUT2D eigenvalue weighted by molar-refractivity contribution is 7.80. The van der Waals surface area contributed by atoms with Crippen molar-refractivity contribution in [2.24, 2.45) is 0 Å². The standard InChI is InChI=1S/C14H17ClN4S/c15-13-5-3-12(4-6-13)11-17-14(20)16-7-1-9-19-10-2-8-18-19/h2-6,8,10H,1,7,9,11H2,(H2,16,17,20). The average molecular weight is 309 g/mol. The maximum Gasteiger partial charge on any atom is 0.166 e. The van der Waals surface area contributed by atoms with Crippen molar-refractivity contribution in [2.45, 2.75) is 19.5 Å². The zero-order valence-electron chi connectivity index (χ0n) is 11.1. The molecule has 1 aromatic carbocycles. The number of hydrogen-bond donors (Lipinski definition) is 2. The van der Waals surface area contributed by atoms with E-state index >= 15 is 0 Å². The number of halogens is 1. The maximum atomic E-state index is 5.84. The van der Waals surface area contributed by atoms with Gasteiger partial charge >= 0.3 is 0 Å². The van der Waals surface area contributed by atoms with Gasteiger partial charge in [-0.25, -0.2) is 0 Å². The Morgan fingerprint density at radius 1 is 1.25 bits per heavy atom. The van der Waals surface area contributed by atoms with Crippen molar-refractivity contribution in [1.29, 1.82) is 0 Å². The van der Waals surface area contributed by atoms with Gasteiger partial charge in [0.15, 0.2) is 5.11 Å². The molecule has 1 aromatic heterocycles. The van der Waals surface area contributed by atoms with Gasteiger partial charge in [-0.2, -0.15) is 5.10 Å². The second kappa shape index (κ2) is 7.87. The molecule has 0 atom stereocenters. The molecule has 0 aliphatic heterocycles. The second-order valence-corrected chi connectivity index (χ2v) is 5.20. The fourth-order valence-electron chi connectivity index (χ4n) is 1.72. The lowest BCUT2D eigenvalue weighted by Crippen LogP contribution is -2.35. The number of nitrogens with one attached hydrogen (secondary N) is 2. The summed E-state index contributed by atoms with van der Waals surface area (Å²) in [7, 11) is 0. The molecule has 0 aliphatic carbocycles. The molecule has 2 aromatic rings. The van der Waals surface area contributed by atoms with E-state index in [-0.39, 0.29) is 0 Å². The molecule has 2 N–H and O–H groups in total. The molecule has 0 aliphatic rings. The third kappa shape index (κ3) is 5.19. The van der Waals surface area contributed by atoms with E-state index in [1.807, 2.05) is 41.2 Å². The lowest BCUT2D eigenvalue weighted by atomic mass is 10.2. The van der Waals surface area contributed by atoms with Gasteiger partial charge in [0, 0.05) is 37.1 Å².